The highest BCUT2D eigenvalue weighted by Gasteiger charge is 2.24. The first kappa shape index (κ1) is 19.3. The topological polar surface area (TPSA) is 41.3 Å². The van der Waals surface area contributed by atoms with E-state index in [1.165, 1.54) is 22.3 Å². The number of rotatable bonds is 2. The lowest BCUT2D eigenvalue weighted by atomic mass is 9.92. The molecule has 5 aromatic rings. The van der Waals surface area contributed by atoms with E-state index >= 15 is 0 Å². The van der Waals surface area contributed by atoms with Gasteiger partial charge in [-0.2, -0.15) is 0 Å². The van der Waals surface area contributed by atoms with E-state index in [0.717, 1.165) is 54.8 Å². The zero-order chi connectivity index (χ0) is 22.0. The Kier molecular flexibility index (Phi) is 4.27. The van der Waals surface area contributed by atoms with Gasteiger partial charge in [0, 0.05) is 38.3 Å². The first-order valence-corrected chi connectivity index (χ1v) is 11.5. The molecule has 0 unspecified atom stereocenters. The molecule has 156 valence electrons. The van der Waals surface area contributed by atoms with Crippen LogP contribution in [0.5, 0.6) is 0 Å². The van der Waals surface area contributed by atoms with Gasteiger partial charge in [-0.1, -0.05) is 51.8 Å². The lowest BCUT2D eigenvalue weighted by Gasteiger charge is -2.12. The van der Waals surface area contributed by atoms with E-state index in [0.29, 0.717) is 0 Å². The Morgan fingerprint density at radius 3 is 2.47 bits per heavy atom. The van der Waals surface area contributed by atoms with E-state index in [9.17, 15) is 0 Å². The zero-order valence-electron chi connectivity index (χ0n) is 18.1. The molecule has 0 saturated carbocycles. The predicted octanol–water partition coefficient (Wildman–Crippen LogP) is 7.95. The van der Waals surface area contributed by atoms with Gasteiger partial charge in [0.25, 0.3) is 0 Å². The molecule has 0 atom stereocenters. The molecule has 0 spiro atoms. The number of furan rings is 1. The number of aliphatic imine (C=N–C) groups is 1. The highest BCUT2D eigenvalue weighted by molar-refractivity contribution is 9.10. The number of hydrogen-bond donors (Lipinski definition) is 1. The molecule has 0 amide bonds. The van der Waals surface area contributed by atoms with Crippen molar-refractivity contribution < 1.29 is 4.42 Å². The van der Waals surface area contributed by atoms with Crippen LogP contribution in [0.2, 0.25) is 0 Å². The highest BCUT2D eigenvalue weighted by atomic mass is 79.9. The number of aromatic nitrogens is 1. The normalized spacial score (nSPS) is 14.5. The molecule has 1 N–H and O–H groups in total. The van der Waals surface area contributed by atoms with Crippen LogP contribution in [0.4, 0.5) is 0 Å². The number of nitrogens with zero attached hydrogens (tertiary/aromatic N) is 1. The number of para-hydroxylation sites is 1. The second-order valence-corrected chi connectivity index (χ2v) is 9.43. The smallest absolute Gasteiger partial charge is 0.153 e. The van der Waals surface area contributed by atoms with Gasteiger partial charge in [0.1, 0.15) is 5.58 Å². The number of H-pyrrole nitrogens is 1. The van der Waals surface area contributed by atoms with E-state index in [2.05, 4.69) is 90.2 Å². The van der Waals surface area contributed by atoms with E-state index in [4.69, 9.17) is 9.41 Å². The summed E-state index contributed by atoms with van der Waals surface area (Å²) < 4.78 is 7.06. The fourth-order valence-corrected chi connectivity index (χ4v) is 5.23. The summed E-state index contributed by atoms with van der Waals surface area (Å²) in [7, 11) is 0. The maximum atomic E-state index is 6.02. The van der Waals surface area contributed by atoms with Crippen LogP contribution in [0.25, 0.3) is 33.8 Å². The summed E-state index contributed by atoms with van der Waals surface area (Å²) in [6, 6.07) is 21.0. The Labute approximate surface area is 194 Å². The molecule has 3 heterocycles. The molecule has 2 aromatic heterocycles. The zero-order valence-corrected chi connectivity index (χ0v) is 19.7. The Hall–Kier alpha value is -3.37. The van der Waals surface area contributed by atoms with Gasteiger partial charge in [-0.3, -0.25) is 0 Å². The van der Waals surface area contributed by atoms with Crippen molar-refractivity contribution in [2.75, 3.05) is 0 Å². The molecule has 6 rings (SSSR count). The molecule has 32 heavy (non-hydrogen) atoms. The van der Waals surface area contributed by atoms with E-state index < -0.39 is 0 Å². The number of fused-ring (bicyclic) bond motifs is 4. The molecule has 0 saturated heterocycles. The van der Waals surface area contributed by atoms with Gasteiger partial charge in [0.15, 0.2) is 5.58 Å². The van der Waals surface area contributed by atoms with Crippen LogP contribution in [-0.4, -0.2) is 10.7 Å². The highest BCUT2D eigenvalue weighted by Crippen LogP contribution is 2.37. The lowest BCUT2D eigenvalue weighted by molar-refractivity contribution is 0.669. The van der Waals surface area contributed by atoms with E-state index in [-0.39, 0.29) is 0 Å². The molecule has 3 aromatic carbocycles. The molecule has 0 radical (unpaired) electrons. The third-order valence-corrected chi connectivity index (χ3v) is 6.62. The number of halogens is 1. The van der Waals surface area contributed by atoms with Gasteiger partial charge in [-0.05, 0) is 62.2 Å². The number of aryl methyl sites for hydroxylation is 3. The standard InChI is InChI=1S/C28H21BrN2O/c1-15-10-16(2)26(17(3)11-15)28-20-9-8-18(29)12-22(20)23(31-28)13-19-14-25-27(30-19)21-6-4-5-7-24(21)32-25/h4-14,30H,1-3H3/b23-13-. The molecule has 4 heteroatoms. The van der Waals surface area contributed by atoms with Crippen molar-refractivity contribution in [3.63, 3.8) is 0 Å². The Morgan fingerprint density at radius 1 is 0.875 bits per heavy atom. The van der Waals surface area contributed by atoms with Crippen LogP contribution in [0.15, 0.2) is 74.5 Å². The summed E-state index contributed by atoms with van der Waals surface area (Å²) in [6.45, 7) is 6.48. The summed E-state index contributed by atoms with van der Waals surface area (Å²) >= 11 is 3.64. The molecule has 0 aliphatic carbocycles. The van der Waals surface area contributed by atoms with Crippen LogP contribution in [0, 0.1) is 20.8 Å². The fourth-order valence-electron chi connectivity index (χ4n) is 4.87. The minimum atomic E-state index is 0.861. The molecule has 0 bridgehead atoms. The Morgan fingerprint density at radius 2 is 1.66 bits per heavy atom. The van der Waals surface area contributed by atoms with Crippen LogP contribution in [0.1, 0.15) is 39.1 Å². The van der Waals surface area contributed by atoms with Crippen LogP contribution in [-0.2, 0) is 0 Å². The molecule has 1 aliphatic heterocycles. The molecule has 3 nitrogen and oxygen atoms in total. The van der Waals surface area contributed by atoms with Crippen molar-refractivity contribution in [1.82, 2.24) is 4.98 Å². The average Bonchev–Trinajstić information content (AvgIpc) is 3.39. The Bertz CT molecular complexity index is 1590. The number of hydrogen-bond acceptors (Lipinski definition) is 2. The fraction of sp³-hybridized carbons (Fsp3) is 0.107. The van der Waals surface area contributed by atoms with Gasteiger partial charge in [0.05, 0.1) is 16.9 Å². The first-order chi connectivity index (χ1) is 15.5. The van der Waals surface area contributed by atoms with Gasteiger partial charge in [-0.15, -0.1) is 0 Å². The number of aromatic amines is 1. The van der Waals surface area contributed by atoms with Crippen LogP contribution >= 0.6 is 15.9 Å². The Balaban J connectivity index is 1.54. The SMILES string of the molecule is Cc1cc(C)c(C2=N/C(=C\c3cc4oc5ccccc5c4[nH]3)c3cc(Br)ccc32)c(C)c1. The maximum absolute atomic E-state index is 6.02. The molecular formula is C28H21BrN2O. The minimum Gasteiger partial charge on any atom is -0.454 e. The van der Waals surface area contributed by atoms with Crippen molar-refractivity contribution >= 4 is 55.5 Å². The van der Waals surface area contributed by atoms with Crippen molar-refractivity contribution in [2.45, 2.75) is 20.8 Å². The van der Waals surface area contributed by atoms with Gasteiger partial charge >= 0.3 is 0 Å². The summed E-state index contributed by atoms with van der Waals surface area (Å²) in [5.74, 6) is 0. The van der Waals surface area contributed by atoms with Crippen LogP contribution in [0.3, 0.4) is 0 Å². The van der Waals surface area contributed by atoms with Crippen molar-refractivity contribution in [2.24, 2.45) is 4.99 Å². The summed E-state index contributed by atoms with van der Waals surface area (Å²) in [5.41, 5.74) is 13.0. The van der Waals surface area contributed by atoms with Crippen molar-refractivity contribution in [3.8, 4) is 0 Å². The molecule has 0 fully saturated rings. The average molecular weight is 481 g/mol. The third kappa shape index (κ3) is 2.98. The largest absolute Gasteiger partial charge is 0.454 e. The minimum absolute atomic E-state index is 0.861. The maximum Gasteiger partial charge on any atom is 0.153 e. The lowest BCUT2D eigenvalue weighted by Crippen LogP contribution is -2.06. The second-order valence-electron chi connectivity index (χ2n) is 8.52. The van der Waals surface area contributed by atoms with Gasteiger partial charge in [0.2, 0.25) is 0 Å². The quantitative estimate of drug-likeness (QED) is 0.273. The van der Waals surface area contributed by atoms with Crippen molar-refractivity contribution in [3.05, 3.63) is 104 Å². The first-order valence-electron chi connectivity index (χ1n) is 10.7. The van der Waals surface area contributed by atoms with Gasteiger partial charge < -0.3 is 9.40 Å². The van der Waals surface area contributed by atoms with Crippen molar-refractivity contribution in [1.29, 1.82) is 0 Å². The predicted molar refractivity (Wildman–Crippen MR) is 136 cm³/mol. The summed E-state index contributed by atoms with van der Waals surface area (Å²) in [5, 5.41) is 1.09. The molecule has 1 aliphatic rings. The van der Waals surface area contributed by atoms with E-state index in [1.807, 2.05) is 18.2 Å². The van der Waals surface area contributed by atoms with Gasteiger partial charge in [-0.25, -0.2) is 4.99 Å². The second kappa shape index (κ2) is 7.07. The number of benzene rings is 3. The number of nitrogens with one attached hydrogen (secondary N) is 1. The third-order valence-electron chi connectivity index (χ3n) is 6.13. The summed E-state index contributed by atoms with van der Waals surface area (Å²) in [6.07, 6.45) is 2.11. The van der Waals surface area contributed by atoms with E-state index in [1.54, 1.807) is 0 Å². The van der Waals surface area contributed by atoms with Crippen LogP contribution < -0.4 is 0 Å². The molecular weight excluding hydrogens is 460 g/mol. The monoisotopic (exact) mass is 480 g/mol. The summed E-state index contributed by atoms with van der Waals surface area (Å²) in [4.78, 5) is 8.66.